The fourth-order valence-corrected chi connectivity index (χ4v) is 2.59. The molecule has 1 aliphatic rings. The van der Waals surface area contributed by atoms with Crippen LogP contribution < -0.4 is 0 Å². The van der Waals surface area contributed by atoms with Crippen molar-refractivity contribution in [3.05, 3.63) is 11.3 Å². The van der Waals surface area contributed by atoms with Crippen molar-refractivity contribution in [2.45, 2.75) is 26.2 Å². The highest BCUT2D eigenvalue weighted by Gasteiger charge is 2.46. The molecule has 1 atom stereocenters. The van der Waals surface area contributed by atoms with E-state index in [0.717, 1.165) is 0 Å². The van der Waals surface area contributed by atoms with Crippen LogP contribution in [0.1, 0.15) is 13.8 Å². The van der Waals surface area contributed by atoms with Crippen molar-refractivity contribution >= 4 is 28.5 Å². The van der Waals surface area contributed by atoms with Crippen molar-refractivity contribution < 1.29 is 18.0 Å². The number of hydrogen-bond acceptors (Lipinski definition) is 2. The normalized spacial score (nSPS) is 23.2. The quantitative estimate of drug-likeness (QED) is 0.413. The lowest BCUT2D eigenvalue weighted by atomic mass is 10.1. The third-order valence-corrected chi connectivity index (χ3v) is 3.43. The molecule has 3 nitrogen and oxygen atoms in total. The SMILES string of the molecule is CC1=C(C(F)(F)F)N(CI)C(C)N(C)C1=O. The molecular formula is C9H12F3IN2O. The molecule has 0 aromatic rings. The molecule has 1 amide bonds. The number of hydrogen-bond donors (Lipinski definition) is 0. The molecule has 0 spiro atoms. The van der Waals surface area contributed by atoms with Gasteiger partial charge in [-0.15, -0.1) is 0 Å². The Bertz CT molecular complexity index is 340. The zero-order valence-electron chi connectivity index (χ0n) is 9.10. The fourth-order valence-electron chi connectivity index (χ4n) is 1.68. The molecule has 0 saturated carbocycles. The molecule has 1 rings (SSSR count). The van der Waals surface area contributed by atoms with E-state index in [-0.39, 0.29) is 10.1 Å². The third-order valence-electron chi connectivity index (χ3n) is 2.69. The average molecular weight is 348 g/mol. The van der Waals surface area contributed by atoms with Gasteiger partial charge in [0.2, 0.25) is 0 Å². The summed E-state index contributed by atoms with van der Waals surface area (Å²) in [5, 5.41) is 0. The first-order chi connectivity index (χ1) is 7.21. The summed E-state index contributed by atoms with van der Waals surface area (Å²) in [7, 11) is 1.50. The van der Waals surface area contributed by atoms with Crippen molar-refractivity contribution in [2.24, 2.45) is 0 Å². The molecule has 1 heterocycles. The maximum absolute atomic E-state index is 12.8. The minimum atomic E-state index is -4.49. The number of allylic oxidation sites excluding steroid dienone is 1. The van der Waals surface area contributed by atoms with Crippen LogP contribution in [0, 0.1) is 0 Å². The zero-order valence-corrected chi connectivity index (χ0v) is 11.3. The Labute approximate surface area is 105 Å². The summed E-state index contributed by atoms with van der Waals surface area (Å²) in [6.45, 7) is 2.79. The molecule has 92 valence electrons. The Morgan fingerprint density at radius 1 is 1.44 bits per heavy atom. The summed E-state index contributed by atoms with van der Waals surface area (Å²) < 4.78 is 38.7. The summed E-state index contributed by atoms with van der Waals surface area (Å²) in [6.07, 6.45) is -5.06. The smallest absolute Gasteiger partial charge is 0.338 e. The molecular weight excluding hydrogens is 336 g/mol. The van der Waals surface area contributed by atoms with Crippen LogP contribution >= 0.6 is 22.6 Å². The summed E-state index contributed by atoms with van der Waals surface area (Å²) in [5.74, 6) is -0.569. The first-order valence-electron chi connectivity index (χ1n) is 4.59. The number of amides is 1. The highest BCUT2D eigenvalue weighted by atomic mass is 127. The van der Waals surface area contributed by atoms with Gasteiger partial charge in [-0.2, -0.15) is 13.2 Å². The molecule has 0 aromatic carbocycles. The number of carbonyl (C=O) groups excluding carboxylic acids is 1. The van der Waals surface area contributed by atoms with Gasteiger partial charge in [0.15, 0.2) is 0 Å². The predicted molar refractivity (Wildman–Crippen MR) is 61.7 cm³/mol. The number of halogens is 4. The van der Waals surface area contributed by atoms with E-state index >= 15 is 0 Å². The Hall–Kier alpha value is -0.470. The third kappa shape index (κ3) is 2.14. The molecule has 0 fully saturated rings. The van der Waals surface area contributed by atoms with Crippen molar-refractivity contribution in [1.82, 2.24) is 9.80 Å². The summed E-state index contributed by atoms with van der Waals surface area (Å²) in [5.41, 5.74) is -1.07. The molecule has 0 saturated heterocycles. The number of rotatable bonds is 1. The van der Waals surface area contributed by atoms with E-state index in [2.05, 4.69) is 0 Å². The van der Waals surface area contributed by atoms with Gasteiger partial charge < -0.3 is 9.80 Å². The minimum absolute atomic E-state index is 0.183. The van der Waals surface area contributed by atoms with Gasteiger partial charge in [0, 0.05) is 12.6 Å². The second kappa shape index (κ2) is 4.42. The number of alkyl halides is 4. The highest BCUT2D eigenvalue weighted by Crippen LogP contribution is 2.36. The zero-order chi connectivity index (χ0) is 12.7. The monoisotopic (exact) mass is 348 g/mol. The van der Waals surface area contributed by atoms with E-state index in [1.54, 1.807) is 6.92 Å². The lowest BCUT2D eigenvalue weighted by molar-refractivity contribution is -0.145. The summed E-state index contributed by atoms with van der Waals surface area (Å²) >= 11 is 1.86. The van der Waals surface area contributed by atoms with E-state index < -0.39 is 23.9 Å². The average Bonchev–Trinajstić information content (AvgIpc) is 2.18. The van der Waals surface area contributed by atoms with E-state index in [4.69, 9.17) is 0 Å². The maximum Gasteiger partial charge on any atom is 0.431 e. The standard InChI is InChI=1S/C9H12F3IN2O/c1-5-7(9(10,11)12)15(4-13)6(2)14(3)8(5)16/h6H,4H2,1-3H3. The van der Waals surface area contributed by atoms with Crippen LogP contribution in [0.25, 0.3) is 0 Å². The maximum atomic E-state index is 12.8. The van der Waals surface area contributed by atoms with Gasteiger partial charge in [0.1, 0.15) is 11.9 Å². The Morgan fingerprint density at radius 3 is 2.31 bits per heavy atom. The summed E-state index contributed by atoms with van der Waals surface area (Å²) in [4.78, 5) is 14.1. The molecule has 1 aliphatic heterocycles. The van der Waals surface area contributed by atoms with Crippen LogP contribution in [0.2, 0.25) is 0 Å². The molecule has 1 unspecified atom stereocenters. The van der Waals surface area contributed by atoms with Crippen LogP contribution in [0.4, 0.5) is 13.2 Å². The Balaban J connectivity index is 3.32. The second-order valence-electron chi connectivity index (χ2n) is 3.61. The van der Waals surface area contributed by atoms with Gasteiger partial charge in [-0.05, 0) is 13.8 Å². The highest BCUT2D eigenvalue weighted by molar-refractivity contribution is 14.1. The molecule has 16 heavy (non-hydrogen) atoms. The largest absolute Gasteiger partial charge is 0.431 e. The molecule has 7 heteroatoms. The van der Waals surface area contributed by atoms with Crippen LogP contribution in [0.3, 0.4) is 0 Å². The lowest BCUT2D eigenvalue weighted by Gasteiger charge is -2.42. The predicted octanol–water partition coefficient (Wildman–Crippen LogP) is 2.34. The molecule has 0 bridgehead atoms. The second-order valence-corrected chi connectivity index (χ2v) is 4.29. The molecule has 0 aliphatic carbocycles. The number of nitrogens with zero attached hydrogens (tertiary/aromatic N) is 2. The van der Waals surface area contributed by atoms with Gasteiger partial charge >= 0.3 is 6.18 Å². The first-order valence-corrected chi connectivity index (χ1v) is 6.12. The minimum Gasteiger partial charge on any atom is -0.338 e. The first kappa shape index (κ1) is 13.6. The van der Waals surface area contributed by atoms with Gasteiger partial charge in [-0.25, -0.2) is 0 Å². The van der Waals surface area contributed by atoms with Crippen molar-refractivity contribution in [1.29, 1.82) is 0 Å². The van der Waals surface area contributed by atoms with Crippen molar-refractivity contribution in [3.8, 4) is 0 Å². The van der Waals surface area contributed by atoms with Crippen LogP contribution in [-0.2, 0) is 4.79 Å². The lowest BCUT2D eigenvalue weighted by Crippen LogP contribution is -2.53. The van der Waals surface area contributed by atoms with E-state index in [0.29, 0.717) is 0 Å². The molecule has 0 N–H and O–H groups in total. The van der Waals surface area contributed by atoms with Gasteiger partial charge in [0.05, 0.1) is 4.55 Å². The van der Waals surface area contributed by atoms with E-state index in [9.17, 15) is 18.0 Å². The Kier molecular flexibility index (Phi) is 3.76. The van der Waals surface area contributed by atoms with Crippen molar-refractivity contribution in [2.75, 3.05) is 11.6 Å². The molecule has 0 aromatic heterocycles. The fraction of sp³-hybridized carbons (Fsp3) is 0.667. The van der Waals surface area contributed by atoms with Crippen LogP contribution in [0.15, 0.2) is 11.3 Å². The van der Waals surface area contributed by atoms with E-state index in [1.165, 1.54) is 23.8 Å². The topological polar surface area (TPSA) is 23.6 Å². The van der Waals surface area contributed by atoms with Gasteiger partial charge in [-0.3, -0.25) is 4.79 Å². The van der Waals surface area contributed by atoms with Gasteiger partial charge in [-0.1, -0.05) is 22.6 Å². The van der Waals surface area contributed by atoms with Gasteiger partial charge in [0.25, 0.3) is 5.91 Å². The van der Waals surface area contributed by atoms with Crippen LogP contribution in [0.5, 0.6) is 0 Å². The number of likely N-dealkylation sites (N-methyl/N-ethyl adjacent to an activating group) is 1. The van der Waals surface area contributed by atoms with Crippen LogP contribution in [-0.4, -0.2) is 39.6 Å². The molecule has 0 radical (unpaired) electrons. The number of carbonyl (C=O) groups is 1. The van der Waals surface area contributed by atoms with E-state index in [1.807, 2.05) is 22.6 Å². The van der Waals surface area contributed by atoms with Crippen molar-refractivity contribution in [3.63, 3.8) is 0 Å². The Morgan fingerprint density at radius 2 is 1.94 bits per heavy atom. The summed E-state index contributed by atoms with van der Waals surface area (Å²) in [6, 6.07) is 0.